The van der Waals surface area contributed by atoms with E-state index in [2.05, 4.69) is 10.6 Å². The van der Waals surface area contributed by atoms with E-state index in [0.29, 0.717) is 12.8 Å². The highest BCUT2D eigenvalue weighted by Crippen LogP contribution is 2.09. The van der Waals surface area contributed by atoms with Gasteiger partial charge in [-0.25, -0.2) is 0 Å². The minimum atomic E-state index is -0.885. The summed E-state index contributed by atoms with van der Waals surface area (Å²) in [4.78, 5) is 33.9. The molecule has 3 atom stereocenters. The molecule has 1 heterocycles. The number of amides is 3. The third-order valence-electron chi connectivity index (χ3n) is 2.78. The average molecular weight is 252 g/mol. The Kier molecular flexibility index (Phi) is 4.66. The predicted molar refractivity (Wildman–Crippen MR) is 61.7 cm³/mol. The highest BCUT2D eigenvalue weighted by molar-refractivity contribution is 5.93. The Labute approximate surface area is 105 Å². The Morgan fingerprint density at radius 1 is 1.67 bits per heavy atom. The number of hydrogen-bond acceptors (Lipinski definition) is 4. The van der Waals surface area contributed by atoms with E-state index in [1.54, 1.807) is 6.92 Å². The molecule has 1 aliphatic heterocycles. The van der Waals surface area contributed by atoms with E-state index >= 15 is 0 Å². The van der Waals surface area contributed by atoms with Crippen molar-refractivity contribution < 1.29 is 14.4 Å². The van der Waals surface area contributed by atoms with Gasteiger partial charge < -0.3 is 16.4 Å². The number of nitrogens with zero attached hydrogens (tertiary/aromatic N) is 1. The molecule has 7 nitrogen and oxygen atoms in total. The zero-order chi connectivity index (χ0) is 13.7. The molecule has 4 N–H and O–H groups in total. The molecular formula is C11H16N4O3. The van der Waals surface area contributed by atoms with E-state index in [4.69, 9.17) is 11.0 Å². The molecule has 0 aromatic carbocycles. The molecular weight excluding hydrogens is 236 g/mol. The fourth-order valence-corrected chi connectivity index (χ4v) is 1.74. The van der Waals surface area contributed by atoms with Crippen molar-refractivity contribution in [3.05, 3.63) is 0 Å². The number of primary amides is 1. The minimum Gasteiger partial charge on any atom is -0.368 e. The smallest absolute Gasteiger partial charge is 0.243 e. The second kappa shape index (κ2) is 6.00. The van der Waals surface area contributed by atoms with Crippen molar-refractivity contribution >= 4 is 17.7 Å². The van der Waals surface area contributed by atoms with Gasteiger partial charge in [-0.05, 0) is 19.8 Å². The van der Waals surface area contributed by atoms with Gasteiger partial charge in [0.05, 0.1) is 6.07 Å². The number of carbonyl (C=O) groups excluding carboxylic acids is 3. The highest BCUT2D eigenvalue weighted by Gasteiger charge is 2.30. The summed E-state index contributed by atoms with van der Waals surface area (Å²) < 4.78 is 0. The van der Waals surface area contributed by atoms with Crippen LogP contribution >= 0.6 is 0 Å². The Morgan fingerprint density at radius 3 is 2.78 bits per heavy atom. The minimum absolute atomic E-state index is 0.165. The van der Waals surface area contributed by atoms with E-state index in [0.717, 1.165) is 0 Å². The summed E-state index contributed by atoms with van der Waals surface area (Å²) >= 11 is 0. The number of nitriles is 1. The third-order valence-corrected chi connectivity index (χ3v) is 2.78. The van der Waals surface area contributed by atoms with Crippen LogP contribution in [0.4, 0.5) is 0 Å². The van der Waals surface area contributed by atoms with Gasteiger partial charge in [0.25, 0.3) is 0 Å². The fourth-order valence-electron chi connectivity index (χ4n) is 1.74. The zero-order valence-electron chi connectivity index (χ0n) is 10.1. The SMILES string of the molecule is C[C@H](C#N)C[C@H](NC(=O)[C@@H]1CCC(=O)N1)C(N)=O. The molecule has 98 valence electrons. The van der Waals surface area contributed by atoms with Gasteiger partial charge in [0.1, 0.15) is 12.1 Å². The molecule has 0 bridgehead atoms. The second-order valence-corrected chi connectivity index (χ2v) is 4.39. The van der Waals surface area contributed by atoms with Gasteiger partial charge in [-0.1, -0.05) is 0 Å². The van der Waals surface area contributed by atoms with E-state index < -0.39 is 23.9 Å². The lowest BCUT2D eigenvalue weighted by Crippen LogP contribution is -2.51. The van der Waals surface area contributed by atoms with E-state index in [1.165, 1.54) is 0 Å². The van der Waals surface area contributed by atoms with Crippen LogP contribution in [0.1, 0.15) is 26.2 Å². The van der Waals surface area contributed by atoms with E-state index in [9.17, 15) is 14.4 Å². The molecule has 1 saturated heterocycles. The first-order valence-corrected chi connectivity index (χ1v) is 5.72. The van der Waals surface area contributed by atoms with Crippen LogP contribution in [0.2, 0.25) is 0 Å². The summed E-state index contributed by atoms with van der Waals surface area (Å²) in [6.07, 6.45) is 0.871. The number of nitrogens with two attached hydrogens (primary N) is 1. The van der Waals surface area contributed by atoms with Crippen LogP contribution in [0.15, 0.2) is 0 Å². The quantitative estimate of drug-likeness (QED) is 0.567. The number of carbonyl (C=O) groups is 3. The van der Waals surface area contributed by atoms with Crippen LogP contribution in [-0.4, -0.2) is 29.8 Å². The molecule has 1 rings (SSSR count). The van der Waals surface area contributed by atoms with Crippen molar-refractivity contribution in [2.24, 2.45) is 11.7 Å². The van der Waals surface area contributed by atoms with Gasteiger partial charge in [-0.15, -0.1) is 0 Å². The molecule has 0 aliphatic carbocycles. The Bertz CT molecular complexity index is 402. The molecule has 1 aliphatic rings. The molecule has 0 aromatic heterocycles. The largest absolute Gasteiger partial charge is 0.368 e. The number of hydrogen-bond donors (Lipinski definition) is 3. The molecule has 0 unspecified atom stereocenters. The molecule has 1 fully saturated rings. The first-order valence-electron chi connectivity index (χ1n) is 5.72. The fraction of sp³-hybridized carbons (Fsp3) is 0.636. The summed E-state index contributed by atoms with van der Waals surface area (Å²) in [6.45, 7) is 1.64. The molecule has 3 amide bonds. The van der Waals surface area contributed by atoms with Crippen LogP contribution in [-0.2, 0) is 14.4 Å². The molecule has 0 aromatic rings. The third kappa shape index (κ3) is 3.73. The zero-order valence-corrected chi connectivity index (χ0v) is 10.1. The van der Waals surface area contributed by atoms with Gasteiger partial charge in [0, 0.05) is 12.3 Å². The maximum Gasteiger partial charge on any atom is 0.243 e. The van der Waals surface area contributed by atoms with Gasteiger partial charge in [-0.2, -0.15) is 5.26 Å². The Hall–Kier alpha value is -2.10. The summed E-state index contributed by atoms with van der Waals surface area (Å²) in [5.41, 5.74) is 5.16. The summed E-state index contributed by atoms with van der Waals surface area (Å²) in [5.74, 6) is -1.69. The van der Waals surface area contributed by atoms with E-state index in [-0.39, 0.29) is 18.2 Å². The Balaban J connectivity index is 2.56. The maximum absolute atomic E-state index is 11.8. The predicted octanol–water partition coefficient (Wildman–Crippen LogP) is -1.22. The first-order chi connectivity index (χ1) is 8.43. The van der Waals surface area contributed by atoms with Gasteiger partial charge in [-0.3, -0.25) is 14.4 Å². The lowest BCUT2D eigenvalue weighted by molar-refractivity contribution is -0.129. The van der Waals surface area contributed by atoms with Crippen LogP contribution in [0.5, 0.6) is 0 Å². The van der Waals surface area contributed by atoms with Gasteiger partial charge in [0.2, 0.25) is 17.7 Å². The normalized spacial score (nSPS) is 21.6. The van der Waals surface area contributed by atoms with Crippen molar-refractivity contribution in [2.75, 3.05) is 0 Å². The van der Waals surface area contributed by atoms with Crippen molar-refractivity contribution in [3.8, 4) is 6.07 Å². The molecule has 7 heteroatoms. The van der Waals surface area contributed by atoms with Gasteiger partial charge >= 0.3 is 0 Å². The van der Waals surface area contributed by atoms with Crippen LogP contribution in [0.3, 0.4) is 0 Å². The number of nitrogens with one attached hydrogen (secondary N) is 2. The van der Waals surface area contributed by atoms with Crippen molar-refractivity contribution in [2.45, 2.75) is 38.3 Å². The van der Waals surface area contributed by atoms with Crippen LogP contribution in [0, 0.1) is 17.2 Å². The summed E-state index contributed by atoms with van der Waals surface area (Å²) in [6, 6.07) is 0.473. The van der Waals surface area contributed by atoms with Crippen LogP contribution in [0.25, 0.3) is 0 Å². The standard InChI is InChI=1S/C11H16N4O3/c1-6(5-12)4-8(10(13)17)15-11(18)7-2-3-9(16)14-7/h6-8H,2-4H2,1H3,(H2,13,17)(H,14,16)(H,15,18)/t6-,7-,8-/m0/s1. The molecule has 18 heavy (non-hydrogen) atoms. The maximum atomic E-state index is 11.8. The second-order valence-electron chi connectivity index (χ2n) is 4.39. The summed E-state index contributed by atoms with van der Waals surface area (Å²) in [7, 11) is 0. The van der Waals surface area contributed by atoms with Crippen molar-refractivity contribution in [1.82, 2.24) is 10.6 Å². The van der Waals surface area contributed by atoms with Gasteiger partial charge in [0.15, 0.2) is 0 Å². The van der Waals surface area contributed by atoms with Crippen molar-refractivity contribution in [3.63, 3.8) is 0 Å². The topological polar surface area (TPSA) is 125 Å². The van der Waals surface area contributed by atoms with E-state index in [1.807, 2.05) is 6.07 Å². The first kappa shape index (κ1) is 14.0. The molecule has 0 spiro atoms. The van der Waals surface area contributed by atoms with Crippen molar-refractivity contribution in [1.29, 1.82) is 5.26 Å². The average Bonchev–Trinajstić information content (AvgIpc) is 2.74. The lowest BCUT2D eigenvalue weighted by atomic mass is 10.0. The summed E-state index contributed by atoms with van der Waals surface area (Å²) in [5, 5.41) is 13.6. The molecule has 0 radical (unpaired) electrons. The monoisotopic (exact) mass is 252 g/mol. The highest BCUT2D eigenvalue weighted by atomic mass is 16.2. The number of rotatable bonds is 5. The molecule has 0 saturated carbocycles. The van der Waals surface area contributed by atoms with Crippen LogP contribution < -0.4 is 16.4 Å². The Morgan fingerprint density at radius 2 is 2.33 bits per heavy atom. The lowest BCUT2D eigenvalue weighted by Gasteiger charge is -2.18.